The molecular formula is C16H16O3. The van der Waals surface area contributed by atoms with E-state index in [9.17, 15) is 4.79 Å². The van der Waals surface area contributed by atoms with Crippen LogP contribution in [0.15, 0.2) is 41.0 Å². The second-order valence-corrected chi connectivity index (χ2v) is 4.92. The van der Waals surface area contributed by atoms with E-state index in [1.165, 1.54) is 17.4 Å². The average molecular weight is 256 g/mol. The summed E-state index contributed by atoms with van der Waals surface area (Å²) in [7, 11) is 0. The van der Waals surface area contributed by atoms with Crippen LogP contribution in [0.25, 0.3) is 0 Å². The standard InChI is InChI=1S/C16H16O3/c1-11-4-5-12-6-8-19-16(13(12)9-11)10-14(17)15-3-2-7-18-15/h2-5,7,9,16H,6,8,10H2,1H3. The third kappa shape index (κ3) is 2.47. The van der Waals surface area contributed by atoms with E-state index in [-0.39, 0.29) is 11.9 Å². The molecular weight excluding hydrogens is 240 g/mol. The molecule has 0 radical (unpaired) electrons. The largest absolute Gasteiger partial charge is 0.461 e. The van der Waals surface area contributed by atoms with Gasteiger partial charge in [0.1, 0.15) is 0 Å². The number of hydrogen-bond acceptors (Lipinski definition) is 3. The molecule has 0 saturated heterocycles. The molecule has 3 heteroatoms. The molecule has 1 atom stereocenters. The summed E-state index contributed by atoms with van der Waals surface area (Å²) < 4.78 is 10.9. The molecule has 3 rings (SSSR count). The van der Waals surface area contributed by atoms with Crippen LogP contribution >= 0.6 is 0 Å². The van der Waals surface area contributed by atoms with Gasteiger partial charge >= 0.3 is 0 Å². The lowest BCUT2D eigenvalue weighted by Crippen LogP contribution is -2.19. The quantitative estimate of drug-likeness (QED) is 0.789. The van der Waals surface area contributed by atoms with Gasteiger partial charge in [0.05, 0.1) is 19.0 Å². The number of hydrogen-bond donors (Lipinski definition) is 0. The van der Waals surface area contributed by atoms with Crippen molar-refractivity contribution >= 4 is 5.78 Å². The van der Waals surface area contributed by atoms with Gasteiger partial charge < -0.3 is 9.15 Å². The van der Waals surface area contributed by atoms with Crippen LogP contribution in [0.5, 0.6) is 0 Å². The molecule has 0 bridgehead atoms. The smallest absolute Gasteiger partial charge is 0.200 e. The molecule has 1 unspecified atom stereocenters. The fraction of sp³-hybridized carbons (Fsp3) is 0.312. The number of carbonyl (C=O) groups excluding carboxylic acids is 1. The summed E-state index contributed by atoms with van der Waals surface area (Å²) in [6, 6.07) is 9.79. The van der Waals surface area contributed by atoms with E-state index in [0.717, 1.165) is 12.0 Å². The van der Waals surface area contributed by atoms with Crippen molar-refractivity contribution in [1.29, 1.82) is 0 Å². The predicted octanol–water partition coefficient (Wildman–Crippen LogP) is 3.47. The predicted molar refractivity (Wildman–Crippen MR) is 71.2 cm³/mol. The molecule has 98 valence electrons. The molecule has 1 aliphatic heterocycles. The molecule has 3 nitrogen and oxygen atoms in total. The van der Waals surface area contributed by atoms with Crippen LogP contribution in [0.4, 0.5) is 0 Å². The molecule has 2 heterocycles. The van der Waals surface area contributed by atoms with Crippen molar-refractivity contribution in [1.82, 2.24) is 0 Å². The lowest BCUT2D eigenvalue weighted by molar-refractivity contribution is 0.0343. The minimum atomic E-state index is -0.152. The highest BCUT2D eigenvalue weighted by Crippen LogP contribution is 2.31. The van der Waals surface area contributed by atoms with E-state index in [1.54, 1.807) is 12.1 Å². The molecule has 2 aromatic rings. The Bertz CT molecular complexity index is 584. The Labute approximate surface area is 112 Å². The minimum absolute atomic E-state index is 0.00986. The minimum Gasteiger partial charge on any atom is -0.461 e. The van der Waals surface area contributed by atoms with Crippen LogP contribution in [-0.2, 0) is 11.2 Å². The average Bonchev–Trinajstić information content (AvgIpc) is 2.93. The highest BCUT2D eigenvalue weighted by Gasteiger charge is 2.24. The van der Waals surface area contributed by atoms with Gasteiger partial charge in [0.2, 0.25) is 5.78 Å². The van der Waals surface area contributed by atoms with E-state index in [4.69, 9.17) is 9.15 Å². The zero-order chi connectivity index (χ0) is 13.2. The van der Waals surface area contributed by atoms with Gasteiger partial charge in [-0.05, 0) is 36.6 Å². The van der Waals surface area contributed by atoms with Crippen LogP contribution in [0.2, 0.25) is 0 Å². The number of aryl methyl sites for hydroxylation is 1. The normalized spacial score (nSPS) is 18.1. The van der Waals surface area contributed by atoms with Crippen LogP contribution < -0.4 is 0 Å². The Morgan fingerprint density at radius 1 is 1.37 bits per heavy atom. The summed E-state index contributed by atoms with van der Waals surface area (Å²) in [5.41, 5.74) is 3.62. The monoisotopic (exact) mass is 256 g/mol. The second kappa shape index (κ2) is 5.02. The number of furan rings is 1. The van der Waals surface area contributed by atoms with E-state index >= 15 is 0 Å². The van der Waals surface area contributed by atoms with E-state index in [1.807, 2.05) is 0 Å². The fourth-order valence-electron chi connectivity index (χ4n) is 2.52. The number of fused-ring (bicyclic) bond motifs is 1. The van der Waals surface area contributed by atoms with Crippen molar-refractivity contribution in [2.24, 2.45) is 0 Å². The van der Waals surface area contributed by atoms with Crippen LogP contribution in [-0.4, -0.2) is 12.4 Å². The molecule has 0 aliphatic carbocycles. The third-order valence-corrected chi connectivity index (χ3v) is 3.51. The molecule has 0 saturated carbocycles. The van der Waals surface area contributed by atoms with Crippen LogP contribution in [0.1, 0.15) is 39.8 Å². The number of benzene rings is 1. The topological polar surface area (TPSA) is 39.4 Å². The summed E-state index contributed by atoms with van der Waals surface area (Å²) in [5, 5.41) is 0. The van der Waals surface area contributed by atoms with Crippen molar-refractivity contribution in [3.63, 3.8) is 0 Å². The molecule has 0 spiro atoms. The maximum atomic E-state index is 12.1. The van der Waals surface area contributed by atoms with Gasteiger partial charge in [0, 0.05) is 6.42 Å². The maximum absolute atomic E-state index is 12.1. The molecule has 1 aromatic carbocycles. The molecule has 19 heavy (non-hydrogen) atoms. The first kappa shape index (κ1) is 12.2. The van der Waals surface area contributed by atoms with Crippen molar-refractivity contribution in [2.75, 3.05) is 6.61 Å². The molecule has 0 N–H and O–H groups in total. The lowest BCUT2D eigenvalue weighted by atomic mass is 9.93. The number of rotatable bonds is 3. The third-order valence-electron chi connectivity index (χ3n) is 3.51. The Hall–Kier alpha value is -1.87. The van der Waals surface area contributed by atoms with Gasteiger partial charge in [-0.15, -0.1) is 0 Å². The zero-order valence-corrected chi connectivity index (χ0v) is 10.9. The first-order valence-corrected chi connectivity index (χ1v) is 6.52. The van der Waals surface area contributed by atoms with E-state index < -0.39 is 0 Å². The molecule has 1 aliphatic rings. The Kier molecular flexibility index (Phi) is 3.22. The number of Topliss-reactive ketones (excluding diaryl/α,β-unsaturated/α-hetero) is 1. The van der Waals surface area contributed by atoms with Crippen molar-refractivity contribution in [3.05, 3.63) is 59.0 Å². The van der Waals surface area contributed by atoms with Gasteiger partial charge in [0.15, 0.2) is 5.76 Å². The van der Waals surface area contributed by atoms with Gasteiger partial charge in [0.25, 0.3) is 0 Å². The first-order chi connectivity index (χ1) is 9.24. The van der Waals surface area contributed by atoms with Crippen LogP contribution in [0, 0.1) is 6.92 Å². The molecule has 0 amide bonds. The SMILES string of the molecule is Cc1ccc2c(c1)C(CC(=O)c1ccco1)OCC2. The summed E-state index contributed by atoms with van der Waals surface area (Å²) >= 11 is 0. The second-order valence-electron chi connectivity index (χ2n) is 4.92. The van der Waals surface area contributed by atoms with Crippen molar-refractivity contribution < 1.29 is 13.9 Å². The lowest BCUT2D eigenvalue weighted by Gasteiger charge is -2.25. The summed E-state index contributed by atoms with van der Waals surface area (Å²) in [4.78, 5) is 12.1. The van der Waals surface area contributed by atoms with Crippen molar-refractivity contribution in [2.45, 2.75) is 25.9 Å². The first-order valence-electron chi connectivity index (χ1n) is 6.52. The Morgan fingerprint density at radius 3 is 3.05 bits per heavy atom. The van der Waals surface area contributed by atoms with Gasteiger partial charge in [-0.25, -0.2) is 0 Å². The molecule has 1 aromatic heterocycles. The zero-order valence-electron chi connectivity index (χ0n) is 10.9. The highest BCUT2D eigenvalue weighted by molar-refractivity contribution is 5.93. The fourth-order valence-corrected chi connectivity index (χ4v) is 2.52. The van der Waals surface area contributed by atoms with E-state index in [2.05, 4.69) is 25.1 Å². The number of ether oxygens (including phenoxy) is 1. The number of ketones is 1. The maximum Gasteiger partial charge on any atom is 0.200 e. The Balaban J connectivity index is 1.84. The van der Waals surface area contributed by atoms with Crippen molar-refractivity contribution in [3.8, 4) is 0 Å². The van der Waals surface area contributed by atoms with Gasteiger partial charge in [-0.2, -0.15) is 0 Å². The number of carbonyl (C=O) groups is 1. The van der Waals surface area contributed by atoms with Crippen LogP contribution in [0.3, 0.4) is 0 Å². The summed E-state index contributed by atoms with van der Waals surface area (Å²) in [6.07, 6.45) is 2.62. The molecule has 0 fully saturated rings. The Morgan fingerprint density at radius 2 is 2.26 bits per heavy atom. The summed E-state index contributed by atoms with van der Waals surface area (Å²) in [5.74, 6) is 0.396. The van der Waals surface area contributed by atoms with Gasteiger partial charge in [-0.3, -0.25) is 4.79 Å². The summed E-state index contributed by atoms with van der Waals surface area (Å²) in [6.45, 7) is 2.73. The van der Waals surface area contributed by atoms with E-state index in [0.29, 0.717) is 18.8 Å². The highest BCUT2D eigenvalue weighted by atomic mass is 16.5. The van der Waals surface area contributed by atoms with Gasteiger partial charge in [-0.1, -0.05) is 23.8 Å².